The summed E-state index contributed by atoms with van der Waals surface area (Å²) in [5.74, 6) is -1.55. The Labute approximate surface area is 240 Å². The first-order valence-corrected chi connectivity index (χ1v) is 14.7. The molecule has 0 aliphatic carbocycles. The number of carbonyl (C=O) groups excluding carboxylic acids is 4. The highest BCUT2D eigenvalue weighted by Crippen LogP contribution is 2.43. The molecule has 0 saturated carbocycles. The number of esters is 2. The highest BCUT2D eigenvalue weighted by Gasteiger charge is 2.55. The van der Waals surface area contributed by atoms with Crippen molar-refractivity contribution in [3.05, 3.63) is 105 Å². The molecule has 0 spiro atoms. The number of ether oxygens (including phenoxy) is 2. The van der Waals surface area contributed by atoms with Gasteiger partial charge in [-0.1, -0.05) is 66.7 Å². The molecular formula is C30H28N2O6S2. The molecule has 5 rings (SSSR count). The average Bonchev–Trinajstić information content (AvgIpc) is 3.47. The number of amides is 2. The van der Waals surface area contributed by atoms with Crippen molar-refractivity contribution in [2.24, 2.45) is 0 Å². The molecular weight excluding hydrogens is 548 g/mol. The number of hydrogen-bond acceptors (Lipinski definition) is 8. The first-order valence-electron chi connectivity index (χ1n) is 12.8. The standard InChI is InChI=1S/C30H28N2O6S2/c1-18(37-19(2)33)23-17-40-29-25(31-24(34)16-22-14-9-15-39-22)28(35)32(29)26(23)30(36)38-27(20-10-5-3-6-11-20)21-12-7-4-8-13-21/h3-15,18,25,27,29H,16-17H2,1-2H3,(H,31,34)/t18?,25-,29+/m1/s1. The third kappa shape index (κ3) is 5.83. The fourth-order valence-corrected chi connectivity index (χ4v) is 6.97. The Morgan fingerprint density at radius 2 is 1.62 bits per heavy atom. The van der Waals surface area contributed by atoms with Gasteiger partial charge in [-0.3, -0.25) is 19.3 Å². The summed E-state index contributed by atoms with van der Waals surface area (Å²) in [6.45, 7) is 2.96. The summed E-state index contributed by atoms with van der Waals surface area (Å²) in [5.41, 5.74) is 2.08. The van der Waals surface area contributed by atoms with Gasteiger partial charge in [0.2, 0.25) is 5.91 Å². The van der Waals surface area contributed by atoms with Crippen LogP contribution in [0, 0.1) is 0 Å². The van der Waals surface area contributed by atoms with Crippen molar-refractivity contribution < 1.29 is 28.7 Å². The molecule has 10 heteroatoms. The number of thiophene rings is 1. The van der Waals surface area contributed by atoms with Crippen LogP contribution in [-0.2, 0) is 35.1 Å². The second-order valence-corrected chi connectivity index (χ2v) is 11.6. The van der Waals surface area contributed by atoms with Gasteiger partial charge in [0, 0.05) is 23.1 Å². The molecule has 1 saturated heterocycles. The molecule has 40 heavy (non-hydrogen) atoms. The molecule has 2 aromatic carbocycles. The predicted molar refractivity (Wildman–Crippen MR) is 152 cm³/mol. The molecule has 0 radical (unpaired) electrons. The van der Waals surface area contributed by atoms with E-state index in [1.807, 2.05) is 78.2 Å². The van der Waals surface area contributed by atoms with Gasteiger partial charge in [-0.25, -0.2) is 4.79 Å². The Balaban J connectivity index is 1.43. The third-order valence-electron chi connectivity index (χ3n) is 6.69. The van der Waals surface area contributed by atoms with Gasteiger partial charge in [0.1, 0.15) is 23.2 Å². The molecule has 206 valence electrons. The summed E-state index contributed by atoms with van der Waals surface area (Å²) in [6, 6.07) is 21.7. The van der Waals surface area contributed by atoms with Gasteiger partial charge in [0.05, 0.1) is 6.42 Å². The average molecular weight is 577 g/mol. The van der Waals surface area contributed by atoms with Gasteiger partial charge in [-0.05, 0) is 29.5 Å². The zero-order valence-corrected chi connectivity index (χ0v) is 23.6. The monoisotopic (exact) mass is 576 g/mol. The largest absolute Gasteiger partial charge is 0.458 e. The number of benzene rings is 2. The van der Waals surface area contributed by atoms with Gasteiger partial charge in [0.25, 0.3) is 5.91 Å². The maximum atomic E-state index is 13.9. The van der Waals surface area contributed by atoms with E-state index in [2.05, 4.69) is 5.32 Å². The van der Waals surface area contributed by atoms with Crippen molar-refractivity contribution in [3.63, 3.8) is 0 Å². The molecule has 2 amide bonds. The topological polar surface area (TPSA) is 102 Å². The number of nitrogens with one attached hydrogen (secondary N) is 1. The summed E-state index contributed by atoms with van der Waals surface area (Å²) in [7, 11) is 0. The van der Waals surface area contributed by atoms with E-state index >= 15 is 0 Å². The molecule has 8 nitrogen and oxygen atoms in total. The van der Waals surface area contributed by atoms with Crippen LogP contribution in [0.3, 0.4) is 0 Å². The van der Waals surface area contributed by atoms with Crippen LogP contribution in [-0.4, -0.2) is 51.9 Å². The summed E-state index contributed by atoms with van der Waals surface area (Å²) >= 11 is 2.88. The molecule has 1 fully saturated rings. The maximum Gasteiger partial charge on any atom is 0.356 e. The van der Waals surface area contributed by atoms with E-state index in [9.17, 15) is 19.2 Å². The molecule has 3 heterocycles. The first-order chi connectivity index (χ1) is 19.3. The minimum absolute atomic E-state index is 0.0584. The molecule has 3 atom stereocenters. The fourth-order valence-electron chi connectivity index (χ4n) is 4.81. The van der Waals surface area contributed by atoms with Crippen LogP contribution >= 0.6 is 23.1 Å². The number of carbonyl (C=O) groups is 4. The van der Waals surface area contributed by atoms with E-state index < -0.39 is 41.5 Å². The lowest BCUT2D eigenvalue weighted by Gasteiger charge is -2.50. The Bertz CT molecular complexity index is 1390. The summed E-state index contributed by atoms with van der Waals surface area (Å²) in [5, 5.41) is 4.24. The number of thioether (sulfide) groups is 1. The second kappa shape index (κ2) is 12.1. The quantitative estimate of drug-likeness (QED) is 0.301. The molecule has 1 aromatic heterocycles. The fraction of sp³-hybridized carbons (Fsp3) is 0.267. The van der Waals surface area contributed by atoms with Crippen LogP contribution in [0.25, 0.3) is 0 Å². The maximum absolute atomic E-state index is 13.9. The van der Waals surface area contributed by atoms with Gasteiger partial charge in [-0.2, -0.15) is 0 Å². The SMILES string of the molecule is CC(=O)OC(C)C1=C(C(=O)OC(c2ccccc2)c2ccccc2)N2C(=O)[C@@H](NC(=O)Cc3cccs3)[C@@H]2SC1. The highest BCUT2D eigenvalue weighted by atomic mass is 32.2. The second-order valence-electron chi connectivity index (χ2n) is 9.44. The van der Waals surface area contributed by atoms with Crippen molar-refractivity contribution in [2.75, 3.05) is 5.75 Å². The molecule has 3 aromatic rings. The Hall–Kier alpha value is -3.89. The van der Waals surface area contributed by atoms with Crippen molar-refractivity contribution in [1.29, 1.82) is 0 Å². The molecule has 1 N–H and O–H groups in total. The van der Waals surface area contributed by atoms with E-state index in [4.69, 9.17) is 9.47 Å². The minimum Gasteiger partial charge on any atom is -0.458 e. The predicted octanol–water partition coefficient (Wildman–Crippen LogP) is 4.23. The number of rotatable bonds is 9. The summed E-state index contributed by atoms with van der Waals surface area (Å²) in [4.78, 5) is 54.0. The number of β-lactam (4-membered cyclic amide) rings is 1. The van der Waals surface area contributed by atoms with Crippen LogP contribution < -0.4 is 5.32 Å². The van der Waals surface area contributed by atoms with Crippen LogP contribution in [0.15, 0.2) is 89.4 Å². The highest BCUT2D eigenvalue weighted by molar-refractivity contribution is 8.00. The zero-order chi connectivity index (χ0) is 28.2. The lowest BCUT2D eigenvalue weighted by Crippen LogP contribution is -2.71. The third-order valence-corrected chi connectivity index (χ3v) is 8.86. The Morgan fingerprint density at radius 1 is 0.975 bits per heavy atom. The van der Waals surface area contributed by atoms with E-state index in [1.54, 1.807) is 6.92 Å². The van der Waals surface area contributed by atoms with Gasteiger partial charge >= 0.3 is 11.9 Å². The molecule has 2 aliphatic rings. The van der Waals surface area contributed by atoms with E-state index in [1.165, 1.54) is 34.9 Å². The first kappa shape index (κ1) is 27.7. The lowest BCUT2D eigenvalue weighted by atomic mass is 9.99. The van der Waals surface area contributed by atoms with Crippen molar-refractivity contribution in [3.8, 4) is 0 Å². The summed E-state index contributed by atoms with van der Waals surface area (Å²) < 4.78 is 11.5. The van der Waals surface area contributed by atoms with Crippen LogP contribution in [0.5, 0.6) is 0 Å². The van der Waals surface area contributed by atoms with Crippen molar-refractivity contribution in [2.45, 2.75) is 43.9 Å². The lowest BCUT2D eigenvalue weighted by molar-refractivity contribution is -0.155. The van der Waals surface area contributed by atoms with Gasteiger partial charge < -0.3 is 14.8 Å². The number of hydrogen-bond donors (Lipinski definition) is 1. The van der Waals surface area contributed by atoms with E-state index in [0.29, 0.717) is 11.3 Å². The number of nitrogens with zero attached hydrogens (tertiary/aromatic N) is 1. The van der Waals surface area contributed by atoms with E-state index in [0.717, 1.165) is 16.0 Å². The van der Waals surface area contributed by atoms with Crippen molar-refractivity contribution >= 4 is 46.9 Å². The number of fused-ring (bicyclic) bond motifs is 1. The van der Waals surface area contributed by atoms with Gasteiger partial charge in [-0.15, -0.1) is 23.1 Å². The van der Waals surface area contributed by atoms with Crippen LogP contribution in [0.4, 0.5) is 0 Å². The Morgan fingerprint density at radius 3 is 2.20 bits per heavy atom. The molecule has 1 unspecified atom stereocenters. The molecule has 2 aliphatic heterocycles. The van der Waals surface area contributed by atoms with Gasteiger partial charge in [0.15, 0.2) is 6.10 Å². The van der Waals surface area contributed by atoms with Crippen molar-refractivity contribution in [1.82, 2.24) is 10.2 Å². The van der Waals surface area contributed by atoms with Crippen LogP contribution in [0.2, 0.25) is 0 Å². The van der Waals surface area contributed by atoms with Crippen LogP contribution in [0.1, 0.15) is 36.0 Å². The zero-order valence-electron chi connectivity index (χ0n) is 21.9. The molecule has 0 bridgehead atoms. The summed E-state index contributed by atoms with van der Waals surface area (Å²) in [6.07, 6.45) is -1.30. The smallest absolute Gasteiger partial charge is 0.356 e. The normalized spacial score (nSPS) is 19.0. The Kier molecular flexibility index (Phi) is 8.37. The van der Waals surface area contributed by atoms with E-state index in [-0.39, 0.29) is 18.0 Å². The minimum atomic E-state index is -0.773.